The summed E-state index contributed by atoms with van der Waals surface area (Å²) in [5, 5.41) is 84.2. The molecule has 19 N–H and O–H groups in total. The van der Waals surface area contributed by atoms with Crippen LogP contribution in [-0.4, -0.2) is 251 Å². The number of amides is 9. The van der Waals surface area contributed by atoms with Gasteiger partial charge in [-0.25, -0.2) is 38.4 Å². The molecular formula is C60H98Cl2N12O27Pt3. The van der Waals surface area contributed by atoms with Crippen LogP contribution in [0, 0.1) is 0 Å². The topological polar surface area (TPSA) is 673 Å². The Morgan fingerprint density at radius 3 is 0.760 bits per heavy atom. The second-order valence-corrected chi connectivity index (χ2v) is 24.5. The van der Waals surface area contributed by atoms with Crippen LogP contribution >= 0.6 is 18.8 Å². The smallest absolute Gasteiger partial charge is 0.676 e. The molecular weight excluding hydrogens is 1980 g/mol. The number of ether oxygens (including phenoxy) is 1. The summed E-state index contributed by atoms with van der Waals surface area (Å²) in [6.45, 7) is 5.06. The minimum absolute atomic E-state index is 0. The average molecular weight is 2080 g/mol. The molecule has 0 saturated heterocycles. The SMILES string of the molecule is CC(=O)O.CCNC(=O)O.COCC(=O)O.O=C(O)C(=O)O.O=C(O)C(=O)O.O=C(O)CCCCCN1C(=O)C=CC1=O.O=C(O)NCCCCCN1C(=O)C=CC1=O.O=C(O)NCCCCCN1C(=O)C=CC1=O.[Cl][Pt+2][Cl].[NH-][C@@H]1CCCC[C@H]1[NH-].[NH-][C@@H]1CCCC[C@H]1[NH-].[NH-][C@@H]1CCCC[C@H]1[NH-].[Pt+2].[Pt+2]. The van der Waals surface area contributed by atoms with E-state index in [4.69, 9.17) is 128 Å². The van der Waals surface area contributed by atoms with Gasteiger partial charge < -0.3 is 106 Å². The number of carbonyl (C=O) groups is 16. The summed E-state index contributed by atoms with van der Waals surface area (Å²) in [6, 6.07) is -0.479. The Hall–Kier alpha value is -6.90. The van der Waals surface area contributed by atoms with Crippen molar-refractivity contribution in [1.82, 2.24) is 30.7 Å². The Morgan fingerprint density at radius 2 is 0.625 bits per heavy atom. The van der Waals surface area contributed by atoms with Crippen LogP contribution in [-0.2, 0) is 126 Å². The third-order valence-electron chi connectivity index (χ3n) is 12.9. The Kier molecular flexibility index (Phi) is 80.8. The minimum Gasteiger partial charge on any atom is -0.676 e. The molecule has 6 aliphatic rings. The molecule has 104 heavy (non-hydrogen) atoms. The number of methoxy groups -OCH3 is 1. The fourth-order valence-corrected chi connectivity index (χ4v) is 7.88. The summed E-state index contributed by atoms with van der Waals surface area (Å²) in [7, 11) is 11.1. The molecule has 0 unspecified atom stereocenters. The maximum atomic E-state index is 11.1. The van der Waals surface area contributed by atoms with Crippen LogP contribution in [0.3, 0.4) is 0 Å². The standard InChI is InChI=1S/2C10H14N2O4.C10H13NO4.3C6H12N2.C3H7NO2.C3H6O3.2C2H2O4.C2H4O2.2ClH.3Pt/c2*13-8-4-5-9(14)12(8)7-3-1-2-6-11-10(15)16;12-8-5-6-9(13)11(8)7-3-1-2-4-10(14)15;3*7-5-3-1-2-4-6(5)8;1-2-4-3(5)6;1-6-2-3(4)5;2*3-1(4)2(5)6;1-2(3)4;;;;;/h2*4-5,11H,1-3,6-7H2,(H,15,16);5-6H,1-4,7H2,(H,14,15);3*5-8H,1-4H2;4H,2H2,1H3,(H,5,6);2H2,1H3,(H,4,5);2*(H,3,4)(H,5,6);1H3,(H,3,4);2*1H;;;/q;;;3*-2;;;;;;;;2*+2;+4/p-2/t;;;3*5-,6-;;;;;;;;;;/m...111........../s1. The van der Waals surface area contributed by atoms with Gasteiger partial charge in [-0.15, -0.1) is 0 Å². The Bertz CT molecular complexity index is 2380. The number of nitrogens with zero attached hydrogens (tertiary/aromatic N) is 3. The maximum Gasteiger partial charge on any atom is 2.00 e. The van der Waals surface area contributed by atoms with Crippen molar-refractivity contribution < 1.29 is 191 Å². The summed E-state index contributed by atoms with van der Waals surface area (Å²) in [5.41, 5.74) is 43.7. The zero-order chi connectivity index (χ0) is 79.7. The fraction of sp³-hybridized carbons (Fsp3) is 0.633. The van der Waals surface area contributed by atoms with E-state index in [1.54, 1.807) is 6.92 Å². The van der Waals surface area contributed by atoms with Crippen LogP contribution < -0.4 is 16.0 Å². The largest absolute Gasteiger partial charge is 2.00 e. The van der Waals surface area contributed by atoms with E-state index in [1.165, 1.54) is 96.8 Å². The van der Waals surface area contributed by atoms with E-state index in [-0.39, 0.29) is 127 Å². The monoisotopic (exact) mass is 2070 g/mol. The number of imide groups is 3. The molecule has 0 radical (unpaired) electrons. The number of aliphatic carboxylic acids is 7. The summed E-state index contributed by atoms with van der Waals surface area (Å²) >= 11 is -0.472. The second-order valence-electron chi connectivity index (χ2n) is 21.2. The number of unbranched alkanes of at least 4 members (excludes halogenated alkanes) is 6. The molecule has 44 heteroatoms. The van der Waals surface area contributed by atoms with Gasteiger partial charge in [0.15, 0.2) is 0 Å². The number of carboxylic acids is 7. The molecule has 3 aliphatic heterocycles. The molecule has 0 aromatic rings. The molecule has 0 spiro atoms. The number of carbonyl (C=O) groups excluding carboxylic acids is 6. The first-order valence-electron chi connectivity index (χ1n) is 31.4. The molecule has 604 valence electrons. The summed E-state index contributed by atoms with van der Waals surface area (Å²) in [6.07, 6.45) is 23.7. The number of nitrogens with one attached hydrogen (secondary N) is 9. The second kappa shape index (κ2) is 74.4. The van der Waals surface area contributed by atoms with E-state index in [0.717, 1.165) is 58.3 Å². The van der Waals surface area contributed by atoms with Gasteiger partial charge in [0.05, 0.1) is 0 Å². The molecule has 6 atom stereocenters. The zero-order valence-corrected chi connectivity index (χ0v) is 65.7. The molecule has 39 nitrogen and oxygen atoms in total. The van der Waals surface area contributed by atoms with E-state index in [2.05, 4.69) is 20.7 Å². The van der Waals surface area contributed by atoms with Crippen LogP contribution in [0.1, 0.15) is 155 Å². The molecule has 3 fully saturated rings. The maximum absolute atomic E-state index is 11.1. The number of rotatable bonds is 21. The summed E-state index contributed by atoms with van der Waals surface area (Å²) in [5.74, 6) is -11.5. The van der Waals surface area contributed by atoms with Crippen LogP contribution in [0.15, 0.2) is 36.5 Å². The molecule has 3 aliphatic carbocycles. The van der Waals surface area contributed by atoms with Gasteiger partial charge in [0, 0.05) is 96.2 Å². The van der Waals surface area contributed by atoms with Gasteiger partial charge in [0.1, 0.15) is 6.61 Å². The van der Waals surface area contributed by atoms with E-state index >= 15 is 0 Å². The van der Waals surface area contributed by atoms with Crippen molar-refractivity contribution in [1.29, 1.82) is 0 Å². The molecule has 9 amide bonds. The minimum atomic E-state index is -1.82. The predicted molar refractivity (Wildman–Crippen MR) is 364 cm³/mol. The van der Waals surface area contributed by atoms with Crippen molar-refractivity contribution in [3.8, 4) is 0 Å². The first-order chi connectivity index (χ1) is 47.7. The molecule has 0 aromatic carbocycles. The predicted octanol–water partition coefficient (Wildman–Crippen LogP) is 8.23. The third-order valence-corrected chi connectivity index (χ3v) is 12.9. The van der Waals surface area contributed by atoms with E-state index in [9.17, 15) is 52.7 Å². The van der Waals surface area contributed by atoms with Gasteiger partial charge in [-0.1, -0.05) is 83.5 Å². The van der Waals surface area contributed by atoms with E-state index in [0.29, 0.717) is 84.2 Å². The summed E-state index contributed by atoms with van der Waals surface area (Å²) in [4.78, 5) is 165. The van der Waals surface area contributed by atoms with Gasteiger partial charge in [-0.3, -0.25) is 53.1 Å². The Morgan fingerprint density at radius 1 is 0.413 bits per heavy atom. The van der Waals surface area contributed by atoms with Crippen molar-refractivity contribution in [2.24, 2.45) is 0 Å². The van der Waals surface area contributed by atoms with Gasteiger partial charge in [0.25, 0.3) is 41.4 Å². The third kappa shape index (κ3) is 76.2. The molecule has 0 bridgehead atoms. The zero-order valence-electron chi connectivity index (χ0n) is 57.4. The van der Waals surface area contributed by atoms with E-state index in [1.807, 2.05) is 0 Å². The normalized spacial score (nSPS) is 18.0. The van der Waals surface area contributed by atoms with Gasteiger partial charge >= 0.3 is 132 Å². The molecule has 6 rings (SSSR count). The first kappa shape index (κ1) is 113. The van der Waals surface area contributed by atoms with Crippen LogP contribution in [0.2, 0.25) is 0 Å². The average Bonchev–Trinajstić information content (AvgIpc) is 1.77. The number of hydrogen-bond acceptors (Lipinski definition) is 17. The summed E-state index contributed by atoms with van der Waals surface area (Å²) < 4.78 is 4.20. The van der Waals surface area contributed by atoms with Crippen LogP contribution in [0.25, 0.3) is 34.4 Å². The molecule has 3 heterocycles. The Balaban J connectivity index is -0.000000166. The van der Waals surface area contributed by atoms with Crippen molar-refractivity contribution in [3.63, 3.8) is 0 Å². The first-order valence-corrected chi connectivity index (χ1v) is 37.0. The van der Waals surface area contributed by atoms with Crippen LogP contribution in [0.4, 0.5) is 14.4 Å². The van der Waals surface area contributed by atoms with Crippen molar-refractivity contribution >= 4 is 114 Å². The number of hydrogen-bond donors (Lipinski definition) is 13. The van der Waals surface area contributed by atoms with Crippen molar-refractivity contribution in [2.45, 2.75) is 191 Å². The Labute approximate surface area is 647 Å². The van der Waals surface area contributed by atoms with Gasteiger partial charge in [-0.2, -0.15) is 36.3 Å². The van der Waals surface area contributed by atoms with Crippen LogP contribution in [0.5, 0.6) is 0 Å². The van der Waals surface area contributed by atoms with Crippen molar-refractivity contribution in [3.05, 3.63) is 70.9 Å². The molecule has 0 aromatic heterocycles. The fourth-order valence-electron chi connectivity index (χ4n) is 7.88. The molecule has 3 saturated carbocycles. The quantitative estimate of drug-likeness (QED) is 0.0292. The number of carboxylic acid groups (broad SMARTS) is 10. The van der Waals surface area contributed by atoms with E-state index < -0.39 is 76.5 Å². The van der Waals surface area contributed by atoms with Gasteiger partial charge in [-0.05, 0) is 58.3 Å². The van der Waals surface area contributed by atoms with Crippen molar-refractivity contribution in [2.75, 3.05) is 53.0 Å². The number of halogens is 2. The van der Waals surface area contributed by atoms with Gasteiger partial charge in [0.2, 0.25) is 0 Å².